The summed E-state index contributed by atoms with van der Waals surface area (Å²) in [7, 11) is 1.93. The van der Waals surface area contributed by atoms with Crippen LogP contribution in [0, 0.1) is 0 Å². The van der Waals surface area contributed by atoms with Crippen LogP contribution < -0.4 is 5.32 Å². The highest BCUT2D eigenvalue weighted by Gasteiger charge is 2.34. The second-order valence-corrected chi connectivity index (χ2v) is 7.71. The van der Waals surface area contributed by atoms with Crippen molar-refractivity contribution in [2.45, 2.75) is 24.8 Å². The fourth-order valence-electron chi connectivity index (χ4n) is 3.66. The van der Waals surface area contributed by atoms with E-state index in [9.17, 15) is 4.79 Å². The molecule has 4 nitrogen and oxygen atoms in total. The molecule has 0 saturated carbocycles. The fraction of sp³-hybridized carbons (Fsp3) is 0.409. The van der Waals surface area contributed by atoms with Crippen molar-refractivity contribution in [2.75, 3.05) is 33.4 Å². The quantitative estimate of drug-likeness (QED) is 0.789. The SMILES string of the molecule is CN(CC(=O)NCC1(c2ccccc2)CCOCC1)Cc1ccccc1Cl. The Morgan fingerprint density at radius 3 is 2.48 bits per heavy atom. The zero-order valence-corrected chi connectivity index (χ0v) is 16.5. The average molecular weight is 387 g/mol. The summed E-state index contributed by atoms with van der Waals surface area (Å²) < 4.78 is 5.56. The monoisotopic (exact) mass is 386 g/mol. The fourth-order valence-corrected chi connectivity index (χ4v) is 3.86. The largest absolute Gasteiger partial charge is 0.381 e. The molecule has 1 aliphatic rings. The van der Waals surface area contributed by atoms with Crippen LogP contribution in [0.3, 0.4) is 0 Å². The number of nitrogens with one attached hydrogen (secondary N) is 1. The van der Waals surface area contributed by atoms with Gasteiger partial charge in [-0.15, -0.1) is 0 Å². The molecule has 0 bridgehead atoms. The number of halogens is 1. The maximum Gasteiger partial charge on any atom is 0.234 e. The summed E-state index contributed by atoms with van der Waals surface area (Å²) in [5.41, 5.74) is 2.26. The molecule has 144 valence electrons. The van der Waals surface area contributed by atoms with E-state index in [2.05, 4.69) is 29.6 Å². The summed E-state index contributed by atoms with van der Waals surface area (Å²) in [4.78, 5) is 14.5. The summed E-state index contributed by atoms with van der Waals surface area (Å²) in [5, 5.41) is 3.89. The Labute approximate surface area is 166 Å². The van der Waals surface area contributed by atoms with Crippen LogP contribution in [0.5, 0.6) is 0 Å². The van der Waals surface area contributed by atoms with Gasteiger partial charge in [0.15, 0.2) is 0 Å². The minimum Gasteiger partial charge on any atom is -0.381 e. The van der Waals surface area contributed by atoms with Gasteiger partial charge in [0, 0.05) is 36.7 Å². The number of benzene rings is 2. The van der Waals surface area contributed by atoms with Crippen molar-refractivity contribution >= 4 is 17.5 Å². The molecule has 0 unspecified atom stereocenters. The highest BCUT2D eigenvalue weighted by molar-refractivity contribution is 6.31. The van der Waals surface area contributed by atoms with E-state index < -0.39 is 0 Å². The first-order chi connectivity index (χ1) is 13.1. The third kappa shape index (κ3) is 5.32. The van der Waals surface area contributed by atoms with Crippen molar-refractivity contribution in [3.63, 3.8) is 0 Å². The zero-order valence-electron chi connectivity index (χ0n) is 15.8. The van der Waals surface area contributed by atoms with Gasteiger partial charge in [0.2, 0.25) is 5.91 Å². The molecule has 5 heteroatoms. The summed E-state index contributed by atoms with van der Waals surface area (Å²) in [5.74, 6) is 0.0337. The number of rotatable bonds is 7. The van der Waals surface area contributed by atoms with E-state index in [1.807, 2.05) is 42.3 Å². The minimum atomic E-state index is -0.0452. The summed E-state index contributed by atoms with van der Waals surface area (Å²) in [6.07, 6.45) is 1.85. The molecule has 2 aromatic carbocycles. The Hall–Kier alpha value is -1.88. The molecule has 27 heavy (non-hydrogen) atoms. The van der Waals surface area contributed by atoms with Gasteiger partial charge in [-0.3, -0.25) is 9.69 Å². The lowest BCUT2D eigenvalue weighted by atomic mass is 9.74. The van der Waals surface area contributed by atoms with Crippen molar-refractivity contribution in [2.24, 2.45) is 0 Å². The molecule has 1 saturated heterocycles. The first-order valence-electron chi connectivity index (χ1n) is 9.41. The number of carbonyl (C=O) groups is 1. The Kier molecular flexibility index (Phi) is 6.89. The Balaban J connectivity index is 1.57. The van der Waals surface area contributed by atoms with E-state index in [-0.39, 0.29) is 11.3 Å². The van der Waals surface area contributed by atoms with Crippen molar-refractivity contribution in [3.8, 4) is 0 Å². The van der Waals surface area contributed by atoms with Crippen molar-refractivity contribution in [1.29, 1.82) is 0 Å². The highest BCUT2D eigenvalue weighted by atomic mass is 35.5. The predicted octanol–water partition coefficient (Wildman–Crippen LogP) is 3.64. The molecule has 0 radical (unpaired) electrons. The van der Waals surface area contributed by atoms with Gasteiger partial charge in [-0.05, 0) is 37.1 Å². The van der Waals surface area contributed by atoms with Crippen LogP contribution in [0.25, 0.3) is 0 Å². The number of ether oxygens (including phenoxy) is 1. The Bertz CT molecular complexity index is 745. The molecular weight excluding hydrogens is 360 g/mol. The lowest BCUT2D eigenvalue weighted by Crippen LogP contribution is -2.46. The molecule has 1 amide bonds. The Morgan fingerprint density at radius 2 is 1.78 bits per heavy atom. The summed E-state index contributed by atoms with van der Waals surface area (Å²) in [6, 6.07) is 18.2. The molecular formula is C22H27ClN2O2. The summed E-state index contributed by atoms with van der Waals surface area (Å²) in [6.45, 7) is 3.09. The smallest absolute Gasteiger partial charge is 0.234 e. The first kappa shape index (κ1) is 19.9. The van der Waals surface area contributed by atoms with Gasteiger partial charge in [0.05, 0.1) is 6.54 Å². The zero-order chi connectivity index (χ0) is 19.1. The number of likely N-dealkylation sites (N-methyl/N-ethyl adjacent to an activating group) is 1. The van der Waals surface area contributed by atoms with E-state index in [4.69, 9.17) is 16.3 Å². The van der Waals surface area contributed by atoms with Crippen LogP contribution in [-0.2, 0) is 21.5 Å². The standard InChI is InChI=1S/C22H27ClN2O2/c1-25(15-18-7-5-6-10-20(18)23)16-21(26)24-17-22(11-13-27-14-12-22)19-8-3-2-4-9-19/h2-10H,11-17H2,1H3,(H,24,26). The van der Waals surface area contributed by atoms with Crippen LogP contribution in [0.2, 0.25) is 5.02 Å². The molecule has 1 N–H and O–H groups in total. The number of hydrogen-bond donors (Lipinski definition) is 1. The lowest BCUT2D eigenvalue weighted by molar-refractivity contribution is -0.122. The van der Waals surface area contributed by atoms with E-state index in [1.165, 1.54) is 5.56 Å². The van der Waals surface area contributed by atoms with E-state index >= 15 is 0 Å². The van der Waals surface area contributed by atoms with E-state index in [0.29, 0.717) is 19.6 Å². The van der Waals surface area contributed by atoms with Crippen molar-refractivity contribution < 1.29 is 9.53 Å². The van der Waals surface area contributed by atoms with Crippen molar-refractivity contribution in [3.05, 3.63) is 70.7 Å². The van der Waals surface area contributed by atoms with E-state index in [0.717, 1.165) is 36.6 Å². The second kappa shape index (κ2) is 9.36. The predicted molar refractivity (Wildman–Crippen MR) is 109 cm³/mol. The minimum absolute atomic E-state index is 0.0337. The van der Waals surface area contributed by atoms with Gasteiger partial charge in [-0.1, -0.05) is 60.1 Å². The molecule has 0 spiro atoms. The van der Waals surface area contributed by atoms with Gasteiger partial charge in [-0.25, -0.2) is 0 Å². The first-order valence-corrected chi connectivity index (χ1v) is 9.79. The maximum atomic E-state index is 12.5. The number of hydrogen-bond acceptors (Lipinski definition) is 3. The maximum absolute atomic E-state index is 12.5. The topological polar surface area (TPSA) is 41.6 Å². The molecule has 0 aliphatic carbocycles. The molecule has 1 fully saturated rings. The van der Waals surface area contributed by atoms with Gasteiger partial charge < -0.3 is 10.1 Å². The Morgan fingerprint density at radius 1 is 1.11 bits per heavy atom. The van der Waals surface area contributed by atoms with E-state index in [1.54, 1.807) is 0 Å². The highest BCUT2D eigenvalue weighted by Crippen LogP contribution is 2.34. The van der Waals surface area contributed by atoms with Gasteiger partial charge in [-0.2, -0.15) is 0 Å². The van der Waals surface area contributed by atoms with Crippen LogP contribution >= 0.6 is 11.6 Å². The van der Waals surface area contributed by atoms with Crippen LogP contribution in [0.4, 0.5) is 0 Å². The molecule has 0 aromatic heterocycles. The third-order valence-corrected chi connectivity index (χ3v) is 5.64. The molecule has 0 atom stereocenters. The molecule has 1 heterocycles. The van der Waals surface area contributed by atoms with Crippen LogP contribution in [0.15, 0.2) is 54.6 Å². The normalized spacial score (nSPS) is 16.3. The number of carbonyl (C=O) groups excluding carboxylic acids is 1. The molecule has 3 rings (SSSR count). The lowest BCUT2D eigenvalue weighted by Gasteiger charge is -2.38. The molecule has 1 aliphatic heterocycles. The van der Waals surface area contributed by atoms with Crippen LogP contribution in [-0.4, -0.2) is 44.2 Å². The third-order valence-electron chi connectivity index (χ3n) is 5.27. The van der Waals surface area contributed by atoms with Gasteiger partial charge in [0.1, 0.15) is 0 Å². The number of amides is 1. The van der Waals surface area contributed by atoms with Crippen LogP contribution in [0.1, 0.15) is 24.0 Å². The average Bonchev–Trinajstić information content (AvgIpc) is 2.69. The van der Waals surface area contributed by atoms with Gasteiger partial charge in [0.25, 0.3) is 0 Å². The van der Waals surface area contributed by atoms with Crippen molar-refractivity contribution in [1.82, 2.24) is 10.2 Å². The number of nitrogens with zero attached hydrogens (tertiary/aromatic N) is 1. The van der Waals surface area contributed by atoms with Gasteiger partial charge >= 0.3 is 0 Å². The molecule has 2 aromatic rings. The second-order valence-electron chi connectivity index (χ2n) is 7.30. The summed E-state index contributed by atoms with van der Waals surface area (Å²) >= 11 is 6.21.